The molecule has 2 aromatic rings. The number of nitriles is 2. The molecule has 0 bridgehead atoms. The lowest BCUT2D eigenvalue weighted by Crippen LogP contribution is -2.09. The highest BCUT2D eigenvalue weighted by atomic mass is 35.5. The Hall–Kier alpha value is -3.42. The summed E-state index contributed by atoms with van der Waals surface area (Å²) < 4.78 is 24.1. The van der Waals surface area contributed by atoms with Gasteiger partial charge in [0.1, 0.15) is 18.0 Å². The van der Waals surface area contributed by atoms with Crippen LogP contribution in [0.5, 0.6) is 0 Å². The first-order chi connectivity index (χ1) is 12.9. The molecule has 0 aliphatic heterocycles. The minimum atomic E-state index is -0.831. The molecule has 0 aliphatic carbocycles. The van der Waals surface area contributed by atoms with Gasteiger partial charge in [0, 0.05) is 16.1 Å². The predicted molar refractivity (Wildman–Crippen MR) is 93.6 cm³/mol. The molecule has 27 heavy (non-hydrogen) atoms. The fraction of sp³-hybridized carbons (Fsp3) is 0.158. The number of esters is 2. The zero-order valence-electron chi connectivity index (χ0n) is 14.3. The van der Waals surface area contributed by atoms with Crippen LogP contribution in [-0.4, -0.2) is 25.7 Å². The normalized spacial score (nSPS) is 9.85. The van der Waals surface area contributed by atoms with Crippen molar-refractivity contribution in [1.82, 2.24) is 0 Å². The van der Waals surface area contributed by atoms with E-state index in [4.69, 9.17) is 26.9 Å². The van der Waals surface area contributed by atoms with E-state index in [9.17, 15) is 14.0 Å². The Morgan fingerprint density at radius 1 is 1.04 bits per heavy atom. The minimum absolute atomic E-state index is 0.0161. The van der Waals surface area contributed by atoms with Crippen molar-refractivity contribution in [3.8, 4) is 23.3 Å². The highest BCUT2D eigenvalue weighted by Gasteiger charge is 2.22. The summed E-state index contributed by atoms with van der Waals surface area (Å²) in [5, 5.41) is 18.3. The number of ether oxygens (including phenoxy) is 2. The molecule has 0 aliphatic rings. The zero-order valence-corrected chi connectivity index (χ0v) is 15.1. The first-order valence-electron chi connectivity index (χ1n) is 7.61. The van der Waals surface area contributed by atoms with Crippen LogP contribution in [0.4, 0.5) is 4.39 Å². The van der Waals surface area contributed by atoms with Gasteiger partial charge in [-0.25, -0.2) is 14.0 Å². The van der Waals surface area contributed by atoms with E-state index < -0.39 is 17.8 Å². The Balaban J connectivity index is 2.77. The van der Waals surface area contributed by atoms with Gasteiger partial charge in [0.25, 0.3) is 0 Å². The van der Waals surface area contributed by atoms with Gasteiger partial charge in [-0.1, -0.05) is 11.6 Å². The largest absolute Gasteiger partial charge is 0.465 e. The quantitative estimate of drug-likeness (QED) is 0.740. The van der Waals surface area contributed by atoms with Crippen LogP contribution < -0.4 is 0 Å². The number of nitrogens with zero attached hydrogens (tertiary/aromatic N) is 2. The van der Waals surface area contributed by atoms with E-state index in [0.717, 1.165) is 19.2 Å². The van der Waals surface area contributed by atoms with E-state index in [0.29, 0.717) is 0 Å². The van der Waals surface area contributed by atoms with Crippen LogP contribution in [0.1, 0.15) is 38.8 Å². The molecule has 0 saturated carbocycles. The summed E-state index contributed by atoms with van der Waals surface area (Å²) in [7, 11) is 1.14. The summed E-state index contributed by atoms with van der Waals surface area (Å²) in [6.07, 6.45) is 0. The van der Waals surface area contributed by atoms with E-state index in [-0.39, 0.29) is 45.0 Å². The van der Waals surface area contributed by atoms with Gasteiger partial charge < -0.3 is 9.47 Å². The maximum absolute atomic E-state index is 14.6. The van der Waals surface area contributed by atoms with Crippen molar-refractivity contribution >= 4 is 23.5 Å². The summed E-state index contributed by atoms with van der Waals surface area (Å²) in [6, 6.07) is 7.96. The van der Waals surface area contributed by atoms with Crippen LogP contribution in [0.3, 0.4) is 0 Å². The average molecular weight is 387 g/mol. The second-order valence-corrected chi connectivity index (χ2v) is 5.60. The Morgan fingerprint density at radius 2 is 1.59 bits per heavy atom. The topological polar surface area (TPSA) is 100 Å². The van der Waals surface area contributed by atoms with Gasteiger partial charge in [-0.15, -0.1) is 0 Å². The van der Waals surface area contributed by atoms with Crippen LogP contribution in [0.2, 0.25) is 5.02 Å². The maximum Gasteiger partial charge on any atom is 0.339 e. The van der Waals surface area contributed by atoms with Gasteiger partial charge in [0.05, 0.1) is 36.0 Å². The lowest BCUT2D eigenvalue weighted by Gasteiger charge is -2.12. The molecule has 0 aromatic heterocycles. The third kappa shape index (κ3) is 3.89. The molecule has 0 fully saturated rings. The number of halogens is 2. The molecule has 0 N–H and O–H groups in total. The van der Waals surface area contributed by atoms with Crippen molar-refractivity contribution in [2.75, 3.05) is 13.7 Å². The molecule has 2 rings (SSSR count). The minimum Gasteiger partial charge on any atom is -0.465 e. The molecular formula is C19H12ClFN2O4. The van der Waals surface area contributed by atoms with Gasteiger partial charge in [-0.2, -0.15) is 10.5 Å². The molecule has 0 heterocycles. The van der Waals surface area contributed by atoms with Crippen LogP contribution in [0.25, 0.3) is 11.1 Å². The first kappa shape index (κ1) is 19.9. The maximum atomic E-state index is 14.6. The highest BCUT2D eigenvalue weighted by molar-refractivity contribution is 6.33. The molecule has 6 nitrogen and oxygen atoms in total. The van der Waals surface area contributed by atoms with Crippen LogP contribution >= 0.6 is 11.6 Å². The number of hydrogen-bond donors (Lipinski definition) is 0. The third-order valence-electron chi connectivity index (χ3n) is 3.65. The second kappa shape index (κ2) is 8.31. The molecule has 0 radical (unpaired) electrons. The second-order valence-electron chi connectivity index (χ2n) is 5.19. The fourth-order valence-electron chi connectivity index (χ4n) is 2.40. The molecule has 8 heteroatoms. The predicted octanol–water partition coefficient (Wildman–Crippen LogP) is 3.85. The zero-order chi connectivity index (χ0) is 20.1. The molecule has 0 amide bonds. The Bertz CT molecular complexity index is 1020. The van der Waals surface area contributed by atoms with Gasteiger partial charge in [-0.3, -0.25) is 0 Å². The van der Waals surface area contributed by atoms with E-state index in [2.05, 4.69) is 4.74 Å². The van der Waals surface area contributed by atoms with Crippen LogP contribution in [-0.2, 0) is 9.47 Å². The van der Waals surface area contributed by atoms with Crippen LogP contribution in [0, 0.1) is 28.5 Å². The molecule has 136 valence electrons. The van der Waals surface area contributed by atoms with Gasteiger partial charge in [0.2, 0.25) is 0 Å². The molecule has 0 unspecified atom stereocenters. The first-order valence-corrected chi connectivity index (χ1v) is 7.98. The summed E-state index contributed by atoms with van der Waals surface area (Å²) in [6.45, 7) is 1.66. The SMILES string of the molecule is CCOC(=O)c1cc(-c2cc(C(=O)OC)c(C#N)cc2Cl)c(F)cc1C#N. The molecule has 0 spiro atoms. The number of hydrogen-bond acceptors (Lipinski definition) is 6. The van der Waals surface area contributed by atoms with Crippen molar-refractivity contribution in [3.05, 3.63) is 57.4 Å². The summed E-state index contributed by atoms with van der Waals surface area (Å²) in [5.74, 6) is -2.43. The van der Waals surface area contributed by atoms with E-state index in [1.807, 2.05) is 6.07 Å². The average Bonchev–Trinajstić information content (AvgIpc) is 2.67. The lowest BCUT2D eigenvalue weighted by atomic mass is 9.95. The van der Waals surface area contributed by atoms with E-state index in [1.165, 1.54) is 12.1 Å². The monoisotopic (exact) mass is 386 g/mol. The number of carbonyl (C=O) groups is 2. The van der Waals surface area contributed by atoms with Crippen molar-refractivity contribution in [2.45, 2.75) is 6.92 Å². The van der Waals surface area contributed by atoms with Gasteiger partial charge in [-0.05, 0) is 31.2 Å². The Kier molecular flexibility index (Phi) is 6.12. The third-order valence-corrected chi connectivity index (χ3v) is 3.96. The van der Waals surface area contributed by atoms with E-state index >= 15 is 0 Å². The van der Waals surface area contributed by atoms with Crippen molar-refractivity contribution in [1.29, 1.82) is 10.5 Å². The van der Waals surface area contributed by atoms with E-state index in [1.54, 1.807) is 13.0 Å². The van der Waals surface area contributed by atoms with Gasteiger partial charge >= 0.3 is 11.9 Å². The smallest absolute Gasteiger partial charge is 0.339 e. The standard InChI is InChI=1S/C19H12ClFN2O4/c1-3-27-19(25)13-7-15(17(21)5-11(13)9-23)14-6-12(18(24)26-2)10(8-22)4-16(14)20/h4-7H,3H2,1-2H3. The molecular weight excluding hydrogens is 375 g/mol. The number of benzene rings is 2. The van der Waals surface area contributed by atoms with Crippen molar-refractivity contribution in [3.63, 3.8) is 0 Å². The van der Waals surface area contributed by atoms with Crippen LogP contribution in [0.15, 0.2) is 24.3 Å². The fourth-order valence-corrected chi connectivity index (χ4v) is 2.67. The highest BCUT2D eigenvalue weighted by Crippen LogP contribution is 2.34. The lowest BCUT2D eigenvalue weighted by molar-refractivity contribution is 0.0525. The summed E-state index contributed by atoms with van der Waals surface area (Å²) in [5.41, 5.74) is -0.570. The van der Waals surface area contributed by atoms with Crippen molar-refractivity contribution < 1.29 is 23.5 Å². The van der Waals surface area contributed by atoms with Crippen molar-refractivity contribution in [2.24, 2.45) is 0 Å². The summed E-state index contributed by atoms with van der Waals surface area (Å²) in [4.78, 5) is 24.0. The molecule has 0 atom stereocenters. The number of rotatable bonds is 4. The molecule has 0 saturated heterocycles. The molecule has 2 aromatic carbocycles. The number of methoxy groups -OCH3 is 1. The Labute approximate surface area is 159 Å². The summed E-state index contributed by atoms with van der Waals surface area (Å²) >= 11 is 6.15. The van der Waals surface area contributed by atoms with Gasteiger partial charge in [0.15, 0.2) is 0 Å². The Morgan fingerprint density at radius 3 is 2.15 bits per heavy atom. The number of carbonyl (C=O) groups excluding carboxylic acids is 2.